The quantitative estimate of drug-likeness (QED) is 0.512. The lowest BCUT2D eigenvalue weighted by Crippen LogP contribution is -2.56. The predicted molar refractivity (Wildman–Crippen MR) is 61.6 cm³/mol. The van der Waals surface area contributed by atoms with Crippen LogP contribution in [-0.4, -0.2) is 53.1 Å². The van der Waals surface area contributed by atoms with Crippen molar-refractivity contribution in [2.75, 3.05) is 13.2 Å². The van der Waals surface area contributed by atoms with E-state index in [-0.39, 0.29) is 6.61 Å². The van der Waals surface area contributed by atoms with Crippen molar-refractivity contribution >= 4 is 17.8 Å². The highest BCUT2D eigenvalue weighted by Crippen LogP contribution is 2.18. The molecule has 7 heteroatoms. The van der Waals surface area contributed by atoms with Crippen LogP contribution in [0.15, 0.2) is 0 Å². The third kappa shape index (κ3) is 3.19. The zero-order chi connectivity index (χ0) is 13.7. The molecule has 2 unspecified atom stereocenters. The number of nitrogens with zero attached hydrogens (tertiary/aromatic N) is 1. The number of rotatable bonds is 4. The van der Waals surface area contributed by atoms with Crippen LogP contribution in [0.1, 0.15) is 26.2 Å². The van der Waals surface area contributed by atoms with Gasteiger partial charge in [0.2, 0.25) is 0 Å². The number of hydrogen-bond acceptors (Lipinski definition) is 5. The number of piperidine rings is 1. The number of carboxylic acid groups (broad SMARTS) is 1. The first kappa shape index (κ1) is 14.4. The van der Waals surface area contributed by atoms with Gasteiger partial charge in [-0.1, -0.05) is 0 Å². The Bertz CT molecular complexity index is 344. The lowest BCUT2D eigenvalue weighted by Gasteiger charge is -2.34. The Hall–Kier alpha value is -1.63. The van der Waals surface area contributed by atoms with Crippen molar-refractivity contribution in [1.82, 2.24) is 4.90 Å². The maximum atomic E-state index is 12.0. The maximum absolute atomic E-state index is 12.0. The van der Waals surface area contributed by atoms with Gasteiger partial charge in [0.1, 0.15) is 6.04 Å². The molecule has 0 radical (unpaired) electrons. The van der Waals surface area contributed by atoms with Gasteiger partial charge in [0.25, 0.3) is 5.91 Å². The molecule has 102 valence electrons. The van der Waals surface area contributed by atoms with E-state index >= 15 is 0 Å². The second-order valence-corrected chi connectivity index (χ2v) is 4.11. The van der Waals surface area contributed by atoms with Crippen LogP contribution in [0.3, 0.4) is 0 Å². The van der Waals surface area contributed by atoms with Crippen molar-refractivity contribution in [3.8, 4) is 0 Å². The van der Waals surface area contributed by atoms with Crippen molar-refractivity contribution < 1.29 is 24.2 Å². The zero-order valence-electron chi connectivity index (χ0n) is 10.3. The van der Waals surface area contributed by atoms with Crippen LogP contribution in [0.5, 0.6) is 0 Å². The first-order valence-electron chi connectivity index (χ1n) is 5.94. The normalized spacial score (nSPS) is 21.2. The summed E-state index contributed by atoms with van der Waals surface area (Å²) in [6, 6.07) is -2.34. The van der Waals surface area contributed by atoms with Crippen molar-refractivity contribution in [2.45, 2.75) is 38.3 Å². The number of carbonyl (C=O) groups is 3. The fourth-order valence-electron chi connectivity index (χ4n) is 1.96. The van der Waals surface area contributed by atoms with Crippen LogP contribution in [0.25, 0.3) is 0 Å². The molecule has 0 aromatic rings. The topological polar surface area (TPSA) is 110 Å². The second-order valence-electron chi connectivity index (χ2n) is 4.11. The fourth-order valence-corrected chi connectivity index (χ4v) is 1.96. The molecular weight excluding hydrogens is 240 g/mol. The van der Waals surface area contributed by atoms with E-state index in [1.807, 2.05) is 0 Å². The van der Waals surface area contributed by atoms with E-state index in [4.69, 9.17) is 10.8 Å². The first-order valence-corrected chi connectivity index (χ1v) is 5.94. The molecule has 1 aliphatic heterocycles. The summed E-state index contributed by atoms with van der Waals surface area (Å²) >= 11 is 0. The molecule has 0 bridgehead atoms. The van der Waals surface area contributed by atoms with Gasteiger partial charge in [0, 0.05) is 6.54 Å². The molecule has 0 aromatic carbocycles. The Morgan fingerprint density at radius 2 is 2.11 bits per heavy atom. The van der Waals surface area contributed by atoms with Gasteiger partial charge in [0.15, 0.2) is 6.04 Å². The molecule has 1 saturated heterocycles. The summed E-state index contributed by atoms with van der Waals surface area (Å²) in [5, 5.41) is 9.03. The number of likely N-dealkylation sites (tertiary alicyclic amines) is 1. The molecule has 0 spiro atoms. The number of nitrogens with two attached hydrogens (primary N) is 1. The Morgan fingerprint density at radius 1 is 1.44 bits per heavy atom. The van der Waals surface area contributed by atoms with Gasteiger partial charge < -0.3 is 20.5 Å². The summed E-state index contributed by atoms with van der Waals surface area (Å²) in [7, 11) is 0. The molecule has 2 atom stereocenters. The molecule has 1 heterocycles. The van der Waals surface area contributed by atoms with Gasteiger partial charge in [-0.15, -0.1) is 0 Å². The minimum Gasteiger partial charge on any atom is -0.480 e. The van der Waals surface area contributed by atoms with Crippen molar-refractivity contribution in [3.05, 3.63) is 0 Å². The van der Waals surface area contributed by atoms with E-state index in [9.17, 15) is 14.4 Å². The van der Waals surface area contributed by atoms with E-state index in [1.54, 1.807) is 6.92 Å². The molecular formula is C11H18N2O5. The van der Waals surface area contributed by atoms with Crippen LogP contribution in [0.2, 0.25) is 0 Å². The standard InChI is InChI=1S/C11H18N2O5/c1-2-18-11(17)8(12)9(14)13-6-4-3-5-7(13)10(15)16/h7-8H,2-6,12H2,1H3,(H,15,16). The van der Waals surface area contributed by atoms with Crippen molar-refractivity contribution in [1.29, 1.82) is 0 Å². The maximum Gasteiger partial charge on any atom is 0.332 e. The van der Waals surface area contributed by atoms with Crippen molar-refractivity contribution in [2.24, 2.45) is 5.73 Å². The molecule has 1 fully saturated rings. The van der Waals surface area contributed by atoms with E-state index in [2.05, 4.69) is 4.74 Å². The molecule has 1 aliphatic rings. The summed E-state index contributed by atoms with van der Waals surface area (Å²) in [5.74, 6) is -2.57. The third-order valence-electron chi connectivity index (χ3n) is 2.88. The average Bonchev–Trinajstić information content (AvgIpc) is 2.37. The third-order valence-corrected chi connectivity index (χ3v) is 2.88. The number of esters is 1. The summed E-state index contributed by atoms with van der Waals surface area (Å²) in [6.45, 7) is 2.04. The van der Waals surface area contributed by atoms with Crippen molar-refractivity contribution in [3.63, 3.8) is 0 Å². The first-order chi connectivity index (χ1) is 8.49. The molecule has 1 amide bonds. The Balaban J connectivity index is 2.74. The van der Waals surface area contributed by atoms with E-state index in [1.165, 1.54) is 0 Å². The second kappa shape index (κ2) is 6.34. The van der Waals surface area contributed by atoms with Crippen LogP contribution in [0.4, 0.5) is 0 Å². The fraction of sp³-hybridized carbons (Fsp3) is 0.727. The predicted octanol–water partition coefficient (Wildman–Crippen LogP) is -0.657. The molecule has 18 heavy (non-hydrogen) atoms. The number of carboxylic acids is 1. The van der Waals surface area contributed by atoms with Crippen LogP contribution in [0, 0.1) is 0 Å². The summed E-state index contributed by atoms with van der Waals surface area (Å²) in [4.78, 5) is 35.5. The molecule has 1 rings (SSSR count). The summed E-state index contributed by atoms with van der Waals surface area (Å²) in [5.41, 5.74) is 5.48. The molecule has 3 N–H and O–H groups in total. The largest absolute Gasteiger partial charge is 0.480 e. The van der Waals surface area contributed by atoms with E-state index in [0.717, 1.165) is 11.3 Å². The number of amides is 1. The smallest absolute Gasteiger partial charge is 0.332 e. The van der Waals surface area contributed by atoms with Gasteiger partial charge in [-0.05, 0) is 26.2 Å². The summed E-state index contributed by atoms with van der Waals surface area (Å²) < 4.78 is 4.65. The highest BCUT2D eigenvalue weighted by Gasteiger charge is 2.37. The molecule has 0 aromatic heterocycles. The van der Waals surface area contributed by atoms with Crippen LogP contribution < -0.4 is 5.73 Å². The monoisotopic (exact) mass is 258 g/mol. The number of hydrogen-bond donors (Lipinski definition) is 2. The number of ether oxygens (including phenoxy) is 1. The minimum atomic E-state index is -1.44. The van der Waals surface area contributed by atoms with Gasteiger partial charge in [-0.2, -0.15) is 0 Å². The van der Waals surface area contributed by atoms with Crippen LogP contribution >= 0.6 is 0 Å². The van der Waals surface area contributed by atoms with Crippen LogP contribution in [-0.2, 0) is 19.1 Å². The SMILES string of the molecule is CCOC(=O)C(N)C(=O)N1CCCCC1C(=O)O. The molecule has 7 nitrogen and oxygen atoms in total. The van der Waals surface area contributed by atoms with Gasteiger partial charge in [0.05, 0.1) is 6.61 Å². The summed E-state index contributed by atoms with van der Waals surface area (Å²) in [6.07, 6.45) is 1.84. The highest BCUT2D eigenvalue weighted by atomic mass is 16.5. The molecule has 0 saturated carbocycles. The molecule has 0 aliphatic carbocycles. The van der Waals surface area contributed by atoms with Gasteiger partial charge in [-0.25, -0.2) is 9.59 Å². The number of aliphatic carboxylic acids is 1. The lowest BCUT2D eigenvalue weighted by atomic mass is 10.0. The van der Waals surface area contributed by atoms with E-state index in [0.29, 0.717) is 19.4 Å². The lowest BCUT2D eigenvalue weighted by molar-refractivity contribution is -0.158. The Morgan fingerprint density at radius 3 is 2.67 bits per heavy atom. The highest BCUT2D eigenvalue weighted by molar-refractivity contribution is 6.02. The Kier molecular flexibility index (Phi) is 5.08. The average molecular weight is 258 g/mol. The minimum absolute atomic E-state index is 0.127. The van der Waals surface area contributed by atoms with E-state index < -0.39 is 29.9 Å². The zero-order valence-corrected chi connectivity index (χ0v) is 10.3. The van der Waals surface area contributed by atoms with Gasteiger partial charge in [-0.3, -0.25) is 4.79 Å². The number of carbonyl (C=O) groups excluding carboxylic acids is 2. The Labute approximate surface area is 105 Å². The van der Waals surface area contributed by atoms with Gasteiger partial charge >= 0.3 is 11.9 Å².